The first-order valence-electron chi connectivity index (χ1n) is 8.70. The van der Waals surface area contributed by atoms with Gasteiger partial charge in [0.1, 0.15) is 5.75 Å². The van der Waals surface area contributed by atoms with Crippen molar-refractivity contribution in [2.45, 2.75) is 17.5 Å². The Hall–Kier alpha value is -2.73. The van der Waals surface area contributed by atoms with Gasteiger partial charge < -0.3 is 9.64 Å². The summed E-state index contributed by atoms with van der Waals surface area (Å²) in [6.45, 7) is 4.55. The molecule has 1 aromatic heterocycles. The lowest BCUT2D eigenvalue weighted by Crippen LogP contribution is -2.08. The second-order valence-corrected chi connectivity index (χ2v) is 7.23. The Labute approximate surface area is 164 Å². The van der Waals surface area contributed by atoms with Crippen LogP contribution in [0.1, 0.15) is 5.56 Å². The molecular formula is C21H24N4OS. The molecule has 140 valence electrons. The number of anilines is 1. The first-order chi connectivity index (χ1) is 13.1. The standard InChI is InChI=1S/C21H24N4OS/c1-5-12-25-20(17-9-7-10-18(14-17)24(2)3)22-23-21(25)27-15-16-8-6-11-19(13-16)26-4/h5-11,13-14H,1,12,15H2,2-4H3. The van der Waals surface area contributed by atoms with Crippen molar-refractivity contribution in [3.05, 3.63) is 66.7 Å². The second kappa shape index (κ2) is 8.77. The normalized spacial score (nSPS) is 10.6. The topological polar surface area (TPSA) is 43.2 Å². The summed E-state index contributed by atoms with van der Waals surface area (Å²) in [4.78, 5) is 2.08. The van der Waals surface area contributed by atoms with Gasteiger partial charge in [-0.2, -0.15) is 0 Å². The fourth-order valence-electron chi connectivity index (χ4n) is 2.74. The van der Waals surface area contributed by atoms with E-state index in [1.165, 1.54) is 5.56 Å². The molecule has 0 aliphatic rings. The van der Waals surface area contributed by atoms with Gasteiger partial charge in [-0.1, -0.05) is 42.1 Å². The highest BCUT2D eigenvalue weighted by Crippen LogP contribution is 2.29. The second-order valence-electron chi connectivity index (χ2n) is 6.29. The van der Waals surface area contributed by atoms with Gasteiger partial charge in [0, 0.05) is 37.6 Å². The van der Waals surface area contributed by atoms with Gasteiger partial charge in [0.2, 0.25) is 0 Å². The van der Waals surface area contributed by atoms with Crippen LogP contribution in [-0.4, -0.2) is 36.0 Å². The van der Waals surface area contributed by atoms with Gasteiger partial charge >= 0.3 is 0 Å². The molecule has 2 aromatic carbocycles. The highest BCUT2D eigenvalue weighted by molar-refractivity contribution is 7.98. The first-order valence-corrected chi connectivity index (χ1v) is 9.68. The van der Waals surface area contributed by atoms with E-state index in [0.29, 0.717) is 6.54 Å². The molecule has 5 nitrogen and oxygen atoms in total. The molecule has 0 radical (unpaired) electrons. The van der Waals surface area contributed by atoms with Crippen molar-refractivity contribution >= 4 is 17.4 Å². The molecule has 6 heteroatoms. The van der Waals surface area contributed by atoms with Gasteiger partial charge in [-0.25, -0.2) is 0 Å². The molecule has 0 unspecified atom stereocenters. The summed E-state index contributed by atoms with van der Waals surface area (Å²) in [6.07, 6.45) is 1.87. The maximum atomic E-state index is 5.30. The Bertz CT molecular complexity index is 920. The van der Waals surface area contributed by atoms with Crippen molar-refractivity contribution in [3.63, 3.8) is 0 Å². The Kier molecular flexibility index (Phi) is 6.19. The summed E-state index contributed by atoms with van der Waals surface area (Å²) in [7, 11) is 5.74. The van der Waals surface area contributed by atoms with Crippen LogP contribution < -0.4 is 9.64 Å². The van der Waals surface area contributed by atoms with Crippen LogP contribution in [0.3, 0.4) is 0 Å². The number of methoxy groups -OCH3 is 1. The summed E-state index contributed by atoms with van der Waals surface area (Å²) in [5, 5.41) is 9.76. The molecule has 0 saturated carbocycles. The van der Waals surface area contributed by atoms with Gasteiger partial charge in [0.05, 0.1) is 7.11 Å². The molecule has 0 fully saturated rings. The van der Waals surface area contributed by atoms with Crippen LogP contribution in [0.4, 0.5) is 5.69 Å². The van der Waals surface area contributed by atoms with Crippen LogP contribution >= 0.6 is 11.8 Å². The van der Waals surface area contributed by atoms with Crippen molar-refractivity contribution < 1.29 is 4.74 Å². The maximum Gasteiger partial charge on any atom is 0.192 e. The molecular weight excluding hydrogens is 356 g/mol. The van der Waals surface area contributed by atoms with Crippen molar-refractivity contribution in [2.75, 3.05) is 26.1 Å². The fraction of sp³-hybridized carbons (Fsp3) is 0.238. The number of rotatable bonds is 8. The highest BCUT2D eigenvalue weighted by Gasteiger charge is 2.14. The van der Waals surface area contributed by atoms with Crippen LogP contribution in [0.5, 0.6) is 5.75 Å². The predicted molar refractivity (Wildman–Crippen MR) is 113 cm³/mol. The molecule has 0 aliphatic carbocycles. The minimum Gasteiger partial charge on any atom is -0.497 e. The number of thioether (sulfide) groups is 1. The molecule has 3 rings (SSSR count). The summed E-state index contributed by atoms with van der Waals surface area (Å²) < 4.78 is 7.41. The lowest BCUT2D eigenvalue weighted by molar-refractivity contribution is 0.414. The van der Waals surface area contributed by atoms with E-state index >= 15 is 0 Å². The van der Waals surface area contributed by atoms with Crippen molar-refractivity contribution in [3.8, 4) is 17.1 Å². The number of hydrogen-bond acceptors (Lipinski definition) is 5. The molecule has 0 saturated heterocycles. The Morgan fingerprint density at radius 1 is 1.15 bits per heavy atom. The summed E-state index contributed by atoms with van der Waals surface area (Å²) in [5.74, 6) is 2.51. The van der Waals surface area contributed by atoms with Crippen LogP contribution in [0, 0.1) is 0 Å². The Balaban J connectivity index is 1.86. The summed E-state index contributed by atoms with van der Waals surface area (Å²) >= 11 is 1.66. The van der Waals surface area contributed by atoms with E-state index in [1.54, 1.807) is 18.9 Å². The molecule has 0 atom stereocenters. The monoisotopic (exact) mass is 380 g/mol. The van der Waals surface area contributed by atoms with E-state index < -0.39 is 0 Å². The fourth-order valence-corrected chi connectivity index (χ4v) is 3.63. The van der Waals surface area contributed by atoms with E-state index in [-0.39, 0.29) is 0 Å². The number of hydrogen-bond donors (Lipinski definition) is 0. The maximum absolute atomic E-state index is 5.30. The average molecular weight is 381 g/mol. The van der Waals surface area contributed by atoms with Gasteiger partial charge in [-0.3, -0.25) is 4.57 Å². The van der Waals surface area contributed by atoms with Crippen LogP contribution in [0.25, 0.3) is 11.4 Å². The number of aromatic nitrogens is 3. The smallest absolute Gasteiger partial charge is 0.192 e. The number of ether oxygens (including phenoxy) is 1. The molecule has 1 heterocycles. The van der Waals surface area contributed by atoms with Crippen molar-refractivity contribution in [2.24, 2.45) is 0 Å². The molecule has 27 heavy (non-hydrogen) atoms. The minimum absolute atomic E-state index is 0.662. The lowest BCUT2D eigenvalue weighted by Gasteiger charge is -2.14. The molecule has 0 N–H and O–H groups in total. The first kappa shape index (κ1) is 19.0. The van der Waals surface area contributed by atoms with Crippen LogP contribution in [-0.2, 0) is 12.3 Å². The van der Waals surface area contributed by atoms with Crippen molar-refractivity contribution in [1.29, 1.82) is 0 Å². The van der Waals surface area contributed by atoms with E-state index in [9.17, 15) is 0 Å². The molecule has 3 aromatic rings. The molecule has 0 amide bonds. The van der Waals surface area contributed by atoms with Crippen LogP contribution in [0.15, 0.2) is 66.3 Å². The zero-order valence-corrected chi connectivity index (χ0v) is 16.7. The van der Waals surface area contributed by atoms with Gasteiger partial charge in [-0.15, -0.1) is 16.8 Å². The SMILES string of the molecule is C=CCn1c(SCc2cccc(OC)c2)nnc1-c1cccc(N(C)C)c1. The van der Waals surface area contributed by atoms with E-state index in [0.717, 1.165) is 33.7 Å². The van der Waals surface area contributed by atoms with Gasteiger partial charge in [0.15, 0.2) is 11.0 Å². The Morgan fingerprint density at radius 2 is 1.96 bits per heavy atom. The number of nitrogens with zero attached hydrogens (tertiary/aromatic N) is 4. The van der Waals surface area contributed by atoms with Crippen LogP contribution in [0.2, 0.25) is 0 Å². The predicted octanol–water partition coefficient (Wildman–Crippen LogP) is 4.50. The third kappa shape index (κ3) is 4.52. The molecule has 0 spiro atoms. The third-order valence-corrected chi connectivity index (χ3v) is 5.19. The quantitative estimate of drug-likeness (QED) is 0.425. The van der Waals surface area contributed by atoms with E-state index in [2.05, 4.69) is 50.5 Å². The molecule has 0 aliphatic heterocycles. The summed E-state index contributed by atoms with van der Waals surface area (Å²) in [6, 6.07) is 16.4. The lowest BCUT2D eigenvalue weighted by atomic mass is 10.2. The Morgan fingerprint density at radius 3 is 2.70 bits per heavy atom. The number of allylic oxidation sites excluding steroid dienone is 1. The average Bonchev–Trinajstić information content (AvgIpc) is 3.09. The van der Waals surface area contributed by atoms with Gasteiger partial charge in [0.25, 0.3) is 0 Å². The minimum atomic E-state index is 0.662. The van der Waals surface area contributed by atoms with E-state index in [1.807, 2.05) is 44.4 Å². The summed E-state index contributed by atoms with van der Waals surface area (Å²) in [5.41, 5.74) is 3.36. The van der Waals surface area contributed by atoms with E-state index in [4.69, 9.17) is 4.74 Å². The van der Waals surface area contributed by atoms with Crippen molar-refractivity contribution in [1.82, 2.24) is 14.8 Å². The van der Waals surface area contributed by atoms with Gasteiger partial charge in [-0.05, 0) is 29.8 Å². The largest absolute Gasteiger partial charge is 0.497 e. The zero-order valence-electron chi connectivity index (χ0n) is 15.9. The number of benzene rings is 2. The zero-order chi connectivity index (χ0) is 19.2. The molecule has 0 bridgehead atoms. The third-order valence-electron chi connectivity index (χ3n) is 4.15. The highest BCUT2D eigenvalue weighted by atomic mass is 32.2.